The summed E-state index contributed by atoms with van der Waals surface area (Å²) < 4.78 is 0. The van der Waals surface area contributed by atoms with Crippen molar-refractivity contribution in [1.82, 2.24) is 25.0 Å². The summed E-state index contributed by atoms with van der Waals surface area (Å²) in [5.41, 5.74) is 6.79. The van der Waals surface area contributed by atoms with Crippen molar-refractivity contribution in [2.45, 2.75) is 63.1 Å². The maximum absolute atomic E-state index is 13.6. The van der Waals surface area contributed by atoms with Gasteiger partial charge in [0.05, 0.1) is 18.6 Å². The van der Waals surface area contributed by atoms with E-state index in [9.17, 15) is 19.2 Å². The largest absolute Gasteiger partial charge is 0.370 e. The number of nitrogens with zero attached hydrogens (tertiary/aromatic N) is 4. The molecule has 4 unspecified atom stereocenters. The molecule has 12 heteroatoms. The molecule has 4 N–H and O–H groups in total. The third kappa shape index (κ3) is 6.75. The lowest BCUT2D eigenvalue weighted by Gasteiger charge is -2.39. The van der Waals surface area contributed by atoms with Crippen LogP contribution < -0.4 is 11.1 Å². The Morgan fingerprint density at radius 3 is 2.66 bits per heavy atom. The van der Waals surface area contributed by atoms with Crippen LogP contribution in [0.2, 0.25) is 0 Å². The van der Waals surface area contributed by atoms with Gasteiger partial charge >= 0.3 is 0 Å². The third-order valence-corrected chi connectivity index (χ3v) is 9.17. The number of benzene rings is 1. The van der Waals surface area contributed by atoms with E-state index >= 15 is 0 Å². The molecule has 0 bridgehead atoms. The van der Waals surface area contributed by atoms with Gasteiger partial charge in [-0.3, -0.25) is 24.6 Å². The van der Waals surface area contributed by atoms with Crippen LogP contribution in [0.15, 0.2) is 41.9 Å². The number of aryl methyl sites for hydroxylation is 1. The number of ketones is 1. The van der Waals surface area contributed by atoms with Crippen molar-refractivity contribution in [3.05, 3.63) is 52.5 Å². The minimum Gasteiger partial charge on any atom is -0.370 e. The first-order valence-corrected chi connectivity index (χ1v) is 15.1. The molecule has 0 aliphatic carbocycles. The Hall–Kier alpha value is -3.80. The van der Waals surface area contributed by atoms with E-state index in [4.69, 9.17) is 11.1 Å². The van der Waals surface area contributed by atoms with Crippen molar-refractivity contribution in [2.75, 3.05) is 26.2 Å². The van der Waals surface area contributed by atoms with Crippen LogP contribution in [0.25, 0.3) is 0 Å². The number of hydrogen-bond donors (Lipinski definition) is 3. The zero-order valence-electron chi connectivity index (χ0n) is 23.0. The second-order valence-electron chi connectivity index (χ2n) is 11.1. The van der Waals surface area contributed by atoms with Crippen LogP contribution in [0.5, 0.6) is 0 Å². The topological polar surface area (TPSA) is 153 Å². The van der Waals surface area contributed by atoms with Crippen molar-refractivity contribution >= 4 is 40.8 Å². The lowest BCUT2D eigenvalue weighted by molar-refractivity contribution is -0.151. The molecule has 3 aliphatic heterocycles. The van der Waals surface area contributed by atoms with E-state index in [0.29, 0.717) is 56.7 Å². The van der Waals surface area contributed by atoms with E-state index in [1.807, 2.05) is 30.3 Å². The Kier molecular flexibility index (Phi) is 8.96. The molecule has 5 rings (SSSR count). The molecule has 0 spiro atoms. The molecule has 41 heavy (non-hydrogen) atoms. The minimum atomic E-state index is -0.791. The Bertz CT molecular complexity index is 1270. The number of piperidine rings is 1. The number of nitrogens with one attached hydrogen (secondary N) is 2. The van der Waals surface area contributed by atoms with E-state index in [2.05, 4.69) is 10.3 Å². The molecule has 218 valence electrons. The van der Waals surface area contributed by atoms with Gasteiger partial charge in [-0.15, -0.1) is 11.3 Å². The van der Waals surface area contributed by atoms with Crippen molar-refractivity contribution in [1.29, 1.82) is 5.41 Å². The minimum absolute atomic E-state index is 0.00901. The molecule has 2 aromatic rings. The van der Waals surface area contributed by atoms with Gasteiger partial charge in [0.25, 0.3) is 0 Å². The van der Waals surface area contributed by atoms with E-state index in [1.165, 1.54) is 11.3 Å². The highest BCUT2D eigenvalue weighted by Gasteiger charge is 2.46. The highest BCUT2D eigenvalue weighted by atomic mass is 32.1. The highest BCUT2D eigenvalue weighted by molar-refractivity contribution is 7.11. The Balaban J connectivity index is 1.22. The summed E-state index contributed by atoms with van der Waals surface area (Å²) in [6.07, 6.45) is 5.73. The van der Waals surface area contributed by atoms with Crippen molar-refractivity contribution in [3.63, 3.8) is 0 Å². The lowest BCUT2D eigenvalue weighted by Crippen LogP contribution is -2.60. The van der Waals surface area contributed by atoms with E-state index in [1.54, 1.807) is 26.3 Å². The lowest BCUT2D eigenvalue weighted by atomic mass is 9.89. The number of amides is 3. The van der Waals surface area contributed by atoms with Crippen LogP contribution in [-0.4, -0.2) is 93.5 Å². The van der Waals surface area contributed by atoms with Crippen LogP contribution in [-0.2, 0) is 20.8 Å². The fourth-order valence-corrected chi connectivity index (χ4v) is 6.94. The summed E-state index contributed by atoms with van der Waals surface area (Å²) in [6, 6.07) is 8.09. The van der Waals surface area contributed by atoms with Gasteiger partial charge < -0.3 is 25.8 Å². The van der Waals surface area contributed by atoms with Crippen molar-refractivity contribution in [2.24, 2.45) is 11.7 Å². The number of thiazole rings is 1. The maximum Gasteiger partial charge on any atom is 0.243 e. The second-order valence-corrected chi connectivity index (χ2v) is 12.0. The zero-order valence-corrected chi connectivity index (χ0v) is 23.9. The molecule has 1 aromatic carbocycles. The average Bonchev–Trinajstić information content (AvgIpc) is 3.67. The number of aromatic nitrogens is 1. The number of piperazine rings is 1. The zero-order chi connectivity index (χ0) is 28.9. The molecule has 11 nitrogen and oxygen atoms in total. The van der Waals surface area contributed by atoms with Crippen molar-refractivity contribution < 1.29 is 19.2 Å². The Morgan fingerprint density at radius 2 is 1.93 bits per heavy atom. The van der Waals surface area contributed by atoms with Crippen molar-refractivity contribution in [3.8, 4) is 0 Å². The summed E-state index contributed by atoms with van der Waals surface area (Å²) in [5, 5.41) is 12.8. The summed E-state index contributed by atoms with van der Waals surface area (Å²) in [5.74, 6) is -0.808. The third-order valence-electron chi connectivity index (χ3n) is 8.38. The van der Waals surface area contributed by atoms with Crippen LogP contribution >= 0.6 is 11.3 Å². The number of nitrogens with two attached hydrogens (primary N) is 1. The fourth-order valence-electron chi connectivity index (χ4n) is 6.31. The molecular formula is C29H37N7O4S. The summed E-state index contributed by atoms with van der Waals surface area (Å²) in [4.78, 5) is 62.4. The number of rotatable bonds is 9. The van der Waals surface area contributed by atoms with Gasteiger partial charge in [-0.25, -0.2) is 4.98 Å². The highest BCUT2D eigenvalue weighted by Crippen LogP contribution is 2.30. The first-order valence-electron chi connectivity index (χ1n) is 14.3. The normalized spacial score (nSPS) is 23.2. The fraction of sp³-hybridized carbons (Fsp3) is 0.517. The average molecular weight is 580 g/mol. The van der Waals surface area contributed by atoms with Gasteiger partial charge in [0.2, 0.25) is 23.5 Å². The first-order chi connectivity index (χ1) is 19.8. The summed E-state index contributed by atoms with van der Waals surface area (Å²) in [6.45, 7) is 1.62. The van der Waals surface area contributed by atoms with E-state index in [0.717, 1.165) is 18.4 Å². The van der Waals surface area contributed by atoms with E-state index < -0.39 is 12.1 Å². The summed E-state index contributed by atoms with van der Waals surface area (Å²) >= 11 is 1.23. The standard InChI is InChI=1S/C29H37N7O4S/c30-29(31)34-13-4-7-20(16-34)15-22(26(39)28-32-12-14-41-28)33-27(40)23-10-9-21-17-35(18-25(38)36(21)23)24(37)11-8-19-5-2-1-3-6-19/h1-3,5-6,12,14,20-23H,4,7-11,13,15-18H2,(H3,30,31)(H,33,40). The van der Waals surface area contributed by atoms with Gasteiger partial charge in [-0.2, -0.15) is 0 Å². The maximum atomic E-state index is 13.6. The van der Waals surface area contributed by atoms with Gasteiger partial charge in [0.15, 0.2) is 11.0 Å². The number of carbonyl (C=O) groups excluding carboxylic acids is 4. The number of fused-ring (bicyclic) bond motifs is 1. The molecule has 1 aromatic heterocycles. The first kappa shape index (κ1) is 28.7. The van der Waals surface area contributed by atoms with Crippen LogP contribution in [0.3, 0.4) is 0 Å². The molecule has 0 saturated carbocycles. The molecule has 3 aliphatic rings. The quantitative estimate of drug-likeness (QED) is 0.232. The van der Waals surface area contributed by atoms with Crippen LogP contribution in [0.4, 0.5) is 0 Å². The van der Waals surface area contributed by atoms with Gasteiger partial charge in [0.1, 0.15) is 6.04 Å². The second kappa shape index (κ2) is 12.8. The smallest absolute Gasteiger partial charge is 0.243 e. The summed E-state index contributed by atoms with van der Waals surface area (Å²) in [7, 11) is 0. The van der Waals surface area contributed by atoms with Gasteiger partial charge in [-0.1, -0.05) is 30.3 Å². The number of hydrogen-bond acceptors (Lipinski definition) is 7. The van der Waals surface area contributed by atoms with Crippen LogP contribution in [0.1, 0.15) is 53.9 Å². The molecule has 4 heterocycles. The SMILES string of the molecule is N=C(N)N1CCCC(CC(NC(=O)C2CCC3CN(C(=O)CCc4ccccc4)CC(=O)N32)C(=O)c2nccs2)C1. The molecule has 3 amide bonds. The number of guanidine groups is 1. The number of carbonyl (C=O) groups is 4. The Labute approximate surface area is 243 Å². The van der Waals surface area contributed by atoms with E-state index in [-0.39, 0.29) is 48.0 Å². The predicted octanol–water partition coefficient (Wildman–Crippen LogP) is 1.64. The number of Topliss-reactive ketones (excluding diaryl/α,β-unsaturated/α-hetero) is 1. The Morgan fingerprint density at radius 1 is 1.12 bits per heavy atom. The molecule has 4 atom stereocenters. The molecule has 3 saturated heterocycles. The molecule has 3 fully saturated rings. The van der Waals surface area contributed by atoms with Gasteiger partial charge in [0, 0.05) is 37.6 Å². The van der Waals surface area contributed by atoms with Crippen LogP contribution in [0, 0.1) is 11.3 Å². The molecular weight excluding hydrogens is 542 g/mol. The number of likely N-dealkylation sites (tertiary alicyclic amines) is 1. The predicted molar refractivity (Wildman–Crippen MR) is 154 cm³/mol. The van der Waals surface area contributed by atoms with Gasteiger partial charge in [-0.05, 0) is 50.0 Å². The monoisotopic (exact) mass is 579 g/mol. The molecule has 0 radical (unpaired) electrons.